The summed E-state index contributed by atoms with van der Waals surface area (Å²) in [7, 11) is 1.62. The molecule has 0 saturated heterocycles. The minimum absolute atomic E-state index is 0.00120. The summed E-state index contributed by atoms with van der Waals surface area (Å²) in [5.74, 6) is -0.424. The molecule has 2 N–H and O–H groups in total. The predicted octanol–water partition coefficient (Wildman–Crippen LogP) is 2.05. The standard InChI is InChI=1S/C14H27NO4/c1-10(2)7-12(8-14(17)18)9-15-13(16)6-5-11(3)19-4/h10-12H,5-9H2,1-4H3,(H,15,16)(H,17,18). The summed E-state index contributed by atoms with van der Waals surface area (Å²) in [4.78, 5) is 22.4. The molecule has 19 heavy (non-hydrogen) atoms. The lowest BCUT2D eigenvalue weighted by Crippen LogP contribution is -2.31. The Morgan fingerprint density at radius 1 is 1.26 bits per heavy atom. The number of hydrogen-bond acceptors (Lipinski definition) is 3. The first-order valence-corrected chi connectivity index (χ1v) is 6.86. The molecule has 0 aromatic heterocycles. The topological polar surface area (TPSA) is 75.6 Å². The normalized spacial score (nSPS) is 14.2. The third kappa shape index (κ3) is 10.5. The van der Waals surface area contributed by atoms with Crippen LogP contribution in [0.1, 0.15) is 46.5 Å². The van der Waals surface area contributed by atoms with E-state index in [0.29, 0.717) is 25.3 Å². The van der Waals surface area contributed by atoms with E-state index in [0.717, 1.165) is 6.42 Å². The number of carbonyl (C=O) groups is 2. The van der Waals surface area contributed by atoms with Gasteiger partial charge < -0.3 is 15.2 Å². The summed E-state index contributed by atoms with van der Waals surface area (Å²) in [6.45, 7) is 6.46. The van der Waals surface area contributed by atoms with E-state index in [2.05, 4.69) is 19.2 Å². The van der Waals surface area contributed by atoms with Crippen molar-refractivity contribution < 1.29 is 19.4 Å². The molecule has 112 valence electrons. The second-order valence-electron chi connectivity index (χ2n) is 5.48. The first-order valence-electron chi connectivity index (χ1n) is 6.86. The highest BCUT2D eigenvalue weighted by atomic mass is 16.5. The Kier molecular flexibility index (Phi) is 9.21. The zero-order valence-corrected chi connectivity index (χ0v) is 12.4. The second-order valence-corrected chi connectivity index (χ2v) is 5.48. The van der Waals surface area contributed by atoms with Crippen LogP contribution in [0.4, 0.5) is 0 Å². The highest BCUT2D eigenvalue weighted by Crippen LogP contribution is 2.14. The summed E-state index contributed by atoms with van der Waals surface area (Å²) in [5.41, 5.74) is 0. The van der Waals surface area contributed by atoms with Crippen LogP contribution in [0.2, 0.25) is 0 Å². The van der Waals surface area contributed by atoms with E-state index >= 15 is 0 Å². The first kappa shape index (κ1) is 17.9. The van der Waals surface area contributed by atoms with Crippen molar-refractivity contribution in [3.8, 4) is 0 Å². The Hall–Kier alpha value is -1.10. The van der Waals surface area contributed by atoms with Gasteiger partial charge in [-0.25, -0.2) is 0 Å². The molecule has 1 amide bonds. The van der Waals surface area contributed by atoms with Gasteiger partial charge in [0.25, 0.3) is 0 Å². The number of nitrogens with one attached hydrogen (secondary N) is 1. The summed E-state index contributed by atoms with van der Waals surface area (Å²) in [5, 5.41) is 11.7. The summed E-state index contributed by atoms with van der Waals surface area (Å²) < 4.78 is 5.07. The maximum absolute atomic E-state index is 11.6. The van der Waals surface area contributed by atoms with Gasteiger partial charge in [-0.05, 0) is 31.6 Å². The molecule has 0 aromatic carbocycles. The van der Waals surface area contributed by atoms with Gasteiger partial charge in [-0.3, -0.25) is 9.59 Å². The van der Waals surface area contributed by atoms with Gasteiger partial charge in [0.05, 0.1) is 6.10 Å². The number of carboxylic acid groups (broad SMARTS) is 1. The quantitative estimate of drug-likeness (QED) is 0.639. The molecule has 5 heteroatoms. The number of methoxy groups -OCH3 is 1. The molecular weight excluding hydrogens is 246 g/mol. The molecule has 0 aliphatic heterocycles. The maximum Gasteiger partial charge on any atom is 0.303 e. The van der Waals surface area contributed by atoms with Gasteiger partial charge in [0.1, 0.15) is 0 Å². The van der Waals surface area contributed by atoms with Crippen LogP contribution >= 0.6 is 0 Å². The van der Waals surface area contributed by atoms with Gasteiger partial charge >= 0.3 is 5.97 Å². The molecule has 0 aromatic rings. The summed E-state index contributed by atoms with van der Waals surface area (Å²) in [6.07, 6.45) is 2.07. The molecule has 0 heterocycles. The Labute approximate surface area is 115 Å². The number of ether oxygens (including phenoxy) is 1. The average Bonchev–Trinajstić information content (AvgIpc) is 2.31. The van der Waals surface area contributed by atoms with Gasteiger partial charge in [-0.2, -0.15) is 0 Å². The number of aliphatic carboxylic acids is 1. The van der Waals surface area contributed by atoms with E-state index in [-0.39, 0.29) is 24.3 Å². The van der Waals surface area contributed by atoms with Crippen LogP contribution in [0.5, 0.6) is 0 Å². The number of rotatable bonds is 10. The predicted molar refractivity (Wildman–Crippen MR) is 73.9 cm³/mol. The van der Waals surface area contributed by atoms with Crippen molar-refractivity contribution in [2.45, 2.75) is 52.6 Å². The number of carbonyl (C=O) groups excluding carboxylic acids is 1. The molecule has 0 radical (unpaired) electrons. The highest BCUT2D eigenvalue weighted by molar-refractivity contribution is 5.76. The second kappa shape index (κ2) is 9.78. The maximum atomic E-state index is 11.6. The van der Waals surface area contributed by atoms with E-state index in [1.807, 2.05) is 6.92 Å². The fourth-order valence-electron chi connectivity index (χ4n) is 1.95. The van der Waals surface area contributed by atoms with Gasteiger partial charge in [0, 0.05) is 26.5 Å². The molecule has 0 aliphatic carbocycles. The fourth-order valence-corrected chi connectivity index (χ4v) is 1.95. The number of amides is 1. The van der Waals surface area contributed by atoms with Crippen LogP contribution in [0, 0.1) is 11.8 Å². The van der Waals surface area contributed by atoms with Crippen molar-refractivity contribution in [3.63, 3.8) is 0 Å². The molecule has 2 atom stereocenters. The van der Waals surface area contributed by atoms with E-state index < -0.39 is 5.97 Å². The van der Waals surface area contributed by atoms with Crippen molar-refractivity contribution in [3.05, 3.63) is 0 Å². The third-order valence-corrected chi connectivity index (χ3v) is 3.04. The lowest BCUT2D eigenvalue weighted by Gasteiger charge is -2.18. The van der Waals surface area contributed by atoms with Crippen LogP contribution in [0.25, 0.3) is 0 Å². The van der Waals surface area contributed by atoms with E-state index in [1.165, 1.54) is 0 Å². The third-order valence-electron chi connectivity index (χ3n) is 3.04. The molecule has 0 saturated carbocycles. The smallest absolute Gasteiger partial charge is 0.303 e. The Bertz CT molecular complexity index is 279. The Morgan fingerprint density at radius 3 is 2.37 bits per heavy atom. The van der Waals surface area contributed by atoms with Crippen molar-refractivity contribution in [1.82, 2.24) is 5.32 Å². The van der Waals surface area contributed by atoms with E-state index in [4.69, 9.17) is 9.84 Å². The van der Waals surface area contributed by atoms with Crippen LogP contribution in [0.3, 0.4) is 0 Å². The monoisotopic (exact) mass is 273 g/mol. The summed E-state index contributed by atoms with van der Waals surface area (Å²) >= 11 is 0. The SMILES string of the molecule is COC(C)CCC(=O)NCC(CC(=O)O)CC(C)C. The van der Waals surface area contributed by atoms with Crippen molar-refractivity contribution in [1.29, 1.82) is 0 Å². The van der Waals surface area contributed by atoms with E-state index in [1.54, 1.807) is 7.11 Å². The largest absolute Gasteiger partial charge is 0.481 e. The molecule has 5 nitrogen and oxygen atoms in total. The fraction of sp³-hybridized carbons (Fsp3) is 0.857. The van der Waals surface area contributed by atoms with Crippen molar-refractivity contribution in [2.24, 2.45) is 11.8 Å². The first-order chi connectivity index (χ1) is 8.85. The molecule has 0 aliphatic rings. The lowest BCUT2D eigenvalue weighted by molar-refractivity contribution is -0.138. The molecular formula is C14H27NO4. The average molecular weight is 273 g/mol. The highest BCUT2D eigenvalue weighted by Gasteiger charge is 2.16. The zero-order valence-electron chi connectivity index (χ0n) is 12.4. The van der Waals surface area contributed by atoms with Crippen molar-refractivity contribution in [2.75, 3.05) is 13.7 Å². The lowest BCUT2D eigenvalue weighted by atomic mass is 9.94. The van der Waals surface area contributed by atoms with Crippen LogP contribution < -0.4 is 5.32 Å². The Balaban J connectivity index is 4.01. The van der Waals surface area contributed by atoms with Gasteiger partial charge in [0.15, 0.2) is 0 Å². The molecule has 2 unspecified atom stereocenters. The number of hydrogen-bond donors (Lipinski definition) is 2. The summed E-state index contributed by atoms with van der Waals surface area (Å²) in [6, 6.07) is 0. The zero-order chi connectivity index (χ0) is 14.8. The molecule has 0 bridgehead atoms. The molecule has 0 rings (SSSR count). The Morgan fingerprint density at radius 2 is 1.89 bits per heavy atom. The minimum Gasteiger partial charge on any atom is -0.481 e. The van der Waals surface area contributed by atoms with Gasteiger partial charge in [-0.15, -0.1) is 0 Å². The van der Waals surface area contributed by atoms with Crippen molar-refractivity contribution >= 4 is 11.9 Å². The van der Waals surface area contributed by atoms with Gasteiger partial charge in [0.2, 0.25) is 5.91 Å². The minimum atomic E-state index is -0.812. The van der Waals surface area contributed by atoms with Crippen LogP contribution in [0.15, 0.2) is 0 Å². The van der Waals surface area contributed by atoms with Crippen LogP contribution in [-0.2, 0) is 14.3 Å². The van der Waals surface area contributed by atoms with Gasteiger partial charge in [-0.1, -0.05) is 13.8 Å². The van der Waals surface area contributed by atoms with E-state index in [9.17, 15) is 9.59 Å². The molecule has 0 fully saturated rings. The van der Waals surface area contributed by atoms with Crippen LogP contribution in [-0.4, -0.2) is 36.7 Å². The molecule has 0 spiro atoms. The number of carboxylic acids is 1.